The van der Waals surface area contributed by atoms with E-state index in [1.54, 1.807) is 0 Å². The van der Waals surface area contributed by atoms with E-state index in [4.69, 9.17) is 0 Å². The molecule has 0 amide bonds. The van der Waals surface area contributed by atoms with Crippen LogP contribution in [0.25, 0.3) is 6.08 Å². The highest BCUT2D eigenvalue weighted by Gasteiger charge is 2.09. The second-order valence-electron chi connectivity index (χ2n) is 6.18. The Labute approximate surface area is 129 Å². The third kappa shape index (κ3) is 5.45. The van der Waals surface area contributed by atoms with Gasteiger partial charge in [-0.05, 0) is 11.1 Å². The second kappa shape index (κ2) is 7.11. The van der Waals surface area contributed by atoms with E-state index >= 15 is 0 Å². The van der Waals surface area contributed by atoms with E-state index in [9.17, 15) is 0 Å². The molecule has 0 N–H and O–H groups in total. The van der Waals surface area contributed by atoms with Crippen LogP contribution in [0.2, 0.25) is 19.6 Å². The van der Waals surface area contributed by atoms with Gasteiger partial charge in [-0.2, -0.15) is 0 Å². The average Bonchev–Trinajstić information content (AvgIpc) is 2.48. The van der Waals surface area contributed by atoms with Crippen LogP contribution in [0.3, 0.4) is 0 Å². The molecule has 1 unspecified atom stereocenters. The summed E-state index contributed by atoms with van der Waals surface area (Å²) in [4.78, 5) is 0. The van der Waals surface area contributed by atoms with Gasteiger partial charge in [0.25, 0.3) is 0 Å². The van der Waals surface area contributed by atoms with Crippen molar-refractivity contribution in [2.75, 3.05) is 0 Å². The first-order chi connectivity index (χ1) is 10.0. The van der Waals surface area contributed by atoms with Crippen LogP contribution in [-0.4, -0.2) is 8.07 Å². The van der Waals surface area contributed by atoms with Crippen molar-refractivity contribution in [3.63, 3.8) is 0 Å². The molecule has 0 nitrogen and oxygen atoms in total. The fraction of sp³-hybridized carbons (Fsp3) is 0.200. The first-order valence-corrected chi connectivity index (χ1v) is 10.9. The SMILES string of the molecule is C[Si](C)(C)C#CC(/C=C/c1ccccc1)c1ccccc1. The van der Waals surface area contributed by atoms with E-state index in [-0.39, 0.29) is 5.92 Å². The average molecular weight is 290 g/mol. The molecule has 106 valence electrons. The number of allylic oxidation sites excluding steroid dienone is 1. The number of rotatable bonds is 3. The van der Waals surface area contributed by atoms with Gasteiger partial charge in [0.05, 0.1) is 5.92 Å². The van der Waals surface area contributed by atoms with Crippen LogP contribution in [0.15, 0.2) is 66.7 Å². The van der Waals surface area contributed by atoms with Gasteiger partial charge in [-0.25, -0.2) is 0 Å². The molecule has 0 fully saturated rings. The van der Waals surface area contributed by atoms with Gasteiger partial charge >= 0.3 is 0 Å². The standard InChI is InChI=1S/C20H22Si/c1-21(2,3)17-16-20(19-12-8-5-9-13-19)15-14-18-10-6-4-7-11-18/h4-15,20H,1-3H3/b15-14+. The zero-order valence-electron chi connectivity index (χ0n) is 13.0. The Kier molecular flexibility index (Phi) is 5.19. The summed E-state index contributed by atoms with van der Waals surface area (Å²) in [5.41, 5.74) is 5.97. The number of hydrogen-bond acceptors (Lipinski definition) is 0. The predicted octanol–water partition coefficient (Wildman–Crippen LogP) is 5.36. The Morgan fingerprint density at radius 2 is 1.43 bits per heavy atom. The summed E-state index contributed by atoms with van der Waals surface area (Å²) in [6, 6.07) is 20.9. The molecule has 2 rings (SSSR count). The third-order valence-electron chi connectivity index (χ3n) is 3.04. The van der Waals surface area contributed by atoms with E-state index in [1.807, 2.05) is 12.1 Å². The van der Waals surface area contributed by atoms with Crippen LogP contribution in [0.4, 0.5) is 0 Å². The molecule has 1 atom stereocenters. The summed E-state index contributed by atoms with van der Waals surface area (Å²) in [5.74, 6) is 3.64. The van der Waals surface area contributed by atoms with E-state index in [1.165, 1.54) is 11.1 Å². The minimum Gasteiger partial charge on any atom is -0.131 e. The highest BCUT2D eigenvalue weighted by molar-refractivity contribution is 6.83. The summed E-state index contributed by atoms with van der Waals surface area (Å²) < 4.78 is 0. The maximum absolute atomic E-state index is 3.49. The lowest BCUT2D eigenvalue weighted by Crippen LogP contribution is -2.16. The van der Waals surface area contributed by atoms with Gasteiger partial charge in [-0.3, -0.25) is 0 Å². The van der Waals surface area contributed by atoms with E-state index < -0.39 is 8.07 Å². The van der Waals surface area contributed by atoms with Crippen molar-refractivity contribution in [2.45, 2.75) is 25.6 Å². The van der Waals surface area contributed by atoms with Crippen LogP contribution in [0.5, 0.6) is 0 Å². The van der Waals surface area contributed by atoms with Gasteiger partial charge in [-0.15, -0.1) is 5.54 Å². The van der Waals surface area contributed by atoms with Crippen LogP contribution in [-0.2, 0) is 0 Å². The van der Waals surface area contributed by atoms with Crippen LogP contribution >= 0.6 is 0 Å². The maximum atomic E-state index is 3.49. The first-order valence-electron chi connectivity index (χ1n) is 7.35. The van der Waals surface area contributed by atoms with E-state index in [2.05, 4.69) is 91.8 Å². The molecule has 21 heavy (non-hydrogen) atoms. The van der Waals surface area contributed by atoms with Crippen molar-refractivity contribution in [1.29, 1.82) is 0 Å². The van der Waals surface area contributed by atoms with Gasteiger partial charge in [0, 0.05) is 0 Å². The Hall–Kier alpha value is -2.04. The van der Waals surface area contributed by atoms with Gasteiger partial charge < -0.3 is 0 Å². The first kappa shape index (κ1) is 15.3. The minimum absolute atomic E-state index is 0.165. The molecule has 0 saturated heterocycles. The summed E-state index contributed by atoms with van der Waals surface area (Å²) in [6.45, 7) is 6.84. The Bertz CT molecular complexity index is 637. The van der Waals surface area contributed by atoms with Crippen molar-refractivity contribution < 1.29 is 0 Å². The number of hydrogen-bond donors (Lipinski definition) is 0. The fourth-order valence-corrected chi connectivity index (χ4v) is 2.56. The Balaban J connectivity index is 2.28. The van der Waals surface area contributed by atoms with Crippen molar-refractivity contribution in [3.05, 3.63) is 77.9 Å². The molecule has 0 aromatic heterocycles. The molecule has 0 saturated carbocycles. The fourth-order valence-electron chi connectivity index (χ4n) is 1.97. The van der Waals surface area contributed by atoms with Gasteiger partial charge in [0.2, 0.25) is 0 Å². The summed E-state index contributed by atoms with van der Waals surface area (Å²) in [7, 11) is -1.36. The summed E-state index contributed by atoms with van der Waals surface area (Å²) in [5, 5.41) is 0. The molecule has 2 aromatic carbocycles. The van der Waals surface area contributed by atoms with Crippen LogP contribution in [0.1, 0.15) is 17.0 Å². The molecule has 0 bridgehead atoms. The largest absolute Gasteiger partial charge is 0.131 e. The lowest BCUT2D eigenvalue weighted by Gasteiger charge is -2.09. The molecule has 0 aliphatic carbocycles. The molecule has 0 radical (unpaired) electrons. The number of benzene rings is 2. The monoisotopic (exact) mass is 290 g/mol. The maximum Gasteiger partial charge on any atom is 0.129 e. The van der Waals surface area contributed by atoms with Gasteiger partial charge in [0.1, 0.15) is 8.07 Å². The molecule has 0 aliphatic heterocycles. The smallest absolute Gasteiger partial charge is 0.129 e. The lowest BCUT2D eigenvalue weighted by atomic mass is 9.99. The molecule has 0 spiro atoms. The molecule has 2 aromatic rings. The molecular formula is C20H22Si. The lowest BCUT2D eigenvalue weighted by molar-refractivity contribution is 1.13. The molecule has 0 aliphatic rings. The van der Waals surface area contributed by atoms with Crippen molar-refractivity contribution >= 4 is 14.1 Å². The van der Waals surface area contributed by atoms with Crippen LogP contribution in [0, 0.1) is 11.5 Å². The van der Waals surface area contributed by atoms with Crippen molar-refractivity contribution in [1.82, 2.24) is 0 Å². The highest BCUT2D eigenvalue weighted by Crippen LogP contribution is 2.18. The molecule has 1 heteroatoms. The van der Waals surface area contributed by atoms with Crippen molar-refractivity contribution in [2.24, 2.45) is 0 Å². The zero-order chi connectivity index (χ0) is 15.1. The highest BCUT2D eigenvalue weighted by atomic mass is 28.3. The molecule has 0 heterocycles. The van der Waals surface area contributed by atoms with Gasteiger partial charge in [0.15, 0.2) is 0 Å². The predicted molar refractivity (Wildman–Crippen MR) is 95.8 cm³/mol. The summed E-state index contributed by atoms with van der Waals surface area (Å²) in [6.07, 6.45) is 4.37. The summed E-state index contributed by atoms with van der Waals surface area (Å²) >= 11 is 0. The third-order valence-corrected chi connectivity index (χ3v) is 3.94. The van der Waals surface area contributed by atoms with E-state index in [0.717, 1.165) is 0 Å². The zero-order valence-corrected chi connectivity index (χ0v) is 14.0. The minimum atomic E-state index is -1.36. The van der Waals surface area contributed by atoms with Crippen LogP contribution < -0.4 is 0 Å². The van der Waals surface area contributed by atoms with Crippen molar-refractivity contribution in [3.8, 4) is 11.5 Å². The quantitative estimate of drug-likeness (QED) is 0.527. The Morgan fingerprint density at radius 1 is 0.857 bits per heavy atom. The van der Waals surface area contributed by atoms with E-state index in [0.29, 0.717) is 0 Å². The normalized spacial score (nSPS) is 12.7. The Morgan fingerprint density at radius 3 is 2.00 bits per heavy atom. The molecular weight excluding hydrogens is 268 g/mol. The topological polar surface area (TPSA) is 0 Å². The van der Waals surface area contributed by atoms with Gasteiger partial charge in [-0.1, -0.05) is 98.4 Å². The second-order valence-corrected chi connectivity index (χ2v) is 10.9.